The summed E-state index contributed by atoms with van der Waals surface area (Å²) >= 11 is 0. The summed E-state index contributed by atoms with van der Waals surface area (Å²) in [7, 11) is 0. The summed E-state index contributed by atoms with van der Waals surface area (Å²) in [6, 6.07) is 0. The third-order valence-corrected chi connectivity index (χ3v) is 10.7. The minimum absolute atomic E-state index is 0.108. The Morgan fingerprint density at radius 3 is 0.985 bits per heavy atom. The van der Waals surface area contributed by atoms with Crippen molar-refractivity contribution in [2.24, 2.45) is 0 Å². The second kappa shape index (κ2) is 52.7. The van der Waals surface area contributed by atoms with E-state index in [4.69, 9.17) is 14.2 Å². The molecule has 0 aromatic carbocycles. The maximum Gasteiger partial charge on any atom is 0.306 e. The first kappa shape index (κ1) is 61.1. The van der Waals surface area contributed by atoms with Crippen molar-refractivity contribution < 1.29 is 28.6 Å². The Bertz CT molecular complexity index is 1360. The molecule has 0 saturated heterocycles. The first-order valence-electron chi connectivity index (χ1n) is 26.4. The number of ether oxygens (including phenoxy) is 3. The molecule has 6 heteroatoms. The van der Waals surface area contributed by atoms with Crippen molar-refractivity contribution in [3.05, 3.63) is 109 Å². The van der Waals surface area contributed by atoms with Gasteiger partial charge in [0.05, 0.1) is 0 Å². The van der Waals surface area contributed by atoms with E-state index in [1.54, 1.807) is 0 Å². The van der Waals surface area contributed by atoms with Gasteiger partial charge in [-0.05, 0) is 122 Å². The van der Waals surface area contributed by atoms with Crippen LogP contribution in [0, 0.1) is 0 Å². The van der Waals surface area contributed by atoms with E-state index in [1.807, 2.05) is 0 Å². The topological polar surface area (TPSA) is 78.9 Å². The second-order valence-electron chi connectivity index (χ2n) is 17.0. The van der Waals surface area contributed by atoms with Crippen LogP contribution in [0.2, 0.25) is 0 Å². The van der Waals surface area contributed by atoms with Gasteiger partial charge < -0.3 is 14.2 Å². The van der Waals surface area contributed by atoms with Crippen molar-refractivity contribution in [2.45, 2.75) is 232 Å². The molecule has 65 heavy (non-hydrogen) atoms. The molecule has 0 spiro atoms. The quantitative estimate of drug-likeness (QED) is 0.0262. The van der Waals surface area contributed by atoms with Crippen LogP contribution in [0.3, 0.4) is 0 Å². The van der Waals surface area contributed by atoms with Gasteiger partial charge in [-0.25, -0.2) is 0 Å². The van der Waals surface area contributed by atoms with E-state index in [-0.39, 0.29) is 31.1 Å². The van der Waals surface area contributed by atoms with E-state index in [2.05, 4.69) is 130 Å². The predicted octanol–water partition coefficient (Wildman–Crippen LogP) is 17.5. The minimum Gasteiger partial charge on any atom is -0.462 e. The smallest absolute Gasteiger partial charge is 0.306 e. The van der Waals surface area contributed by atoms with Crippen molar-refractivity contribution in [1.29, 1.82) is 0 Å². The molecule has 0 N–H and O–H groups in total. The van der Waals surface area contributed by atoms with Crippen LogP contribution in [0.4, 0.5) is 0 Å². The maximum atomic E-state index is 12.8. The molecule has 0 heterocycles. The van der Waals surface area contributed by atoms with Crippen molar-refractivity contribution in [1.82, 2.24) is 0 Å². The van der Waals surface area contributed by atoms with Crippen LogP contribution >= 0.6 is 0 Å². The fourth-order valence-corrected chi connectivity index (χ4v) is 6.83. The van der Waals surface area contributed by atoms with Crippen molar-refractivity contribution in [3.63, 3.8) is 0 Å². The number of unbranched alkanes of at least 4 members (excludes halogenated alkanes) is 17. The van der Waals surface area contributed by atoms with E-state index in [9.17, 15) is 14.4 Å². The average Bonchev–Trinajstić information content (AvgIpc) is 3.30. The predicted molar refractivity (Wildman–Crippen MR) is 279 cm³/mol. The highest BCUT2D eigenvalue weighted by Crippen LogP contribution is 2.13. The lowest BCUT2D eigenvalue weighted by molar-refractivity contribution is -0.167. The first-order chi connectivity index (χ1) is 32.0. The Balaban J connectivity index is 4.51. The highest BCUT2D eigenvalue weighted by Gasteiger charge is 2.19. The summed E-state index contributed by atoms with van der Waals surface area (Å²) in [5.41, 5.74) is 0. The van der Waals surface area contributed by atoms with E-state index >= 15 is 0 Å². The summed E-state index contributed by atoms with van der Waals surface area (Å²) in [4.78, 5) is 38.0. The Hall–Kier alpha value is -3.93. The van der Waals surface area contributed by atoms with Gasteiger partial charge >= 0.3 is 17.9 Å². The van der Waals surface area contributed by atoms with E-state index in [1.165, 1.54) is 64.2 Å². The Morgan fingerprint density at radius 2 is 0.600 bits per heavy atom. The molecule has 0 amide bonds. The summed E-state index contributed by atoms with van der Waals surface area (Å²) in [5, 5.41) is 0. The number of carbonyl (C=O) groups is 3. The van der Waals surface area contributed by atoms with E-state index in [0.717, 1.165) is 122 Å². The van der Waals surface area contributed by atoms with Gasteiger partial charge in [-0.3, -0.25) is 14.4 Å². The monoisotopic (exact) mass is 901 g/mol. The van der Waals surface area contributed by atoms with Crippen molar-refractivity contribution >= 4 is 17.9 Å². The van der Waals surface area contributed by atoms with E-state index in [0.29, 0.717) is 19.3 Å². The highest BCUT2D eigenvalue weighted by atomic mass is 16.6. The fraction of sp³-hybridized carbons (Fsp3) is 0.644. The molecule has 0 radical (unpaired) electrons. The maximum absolute atomic E-state index is 12.8. The van der Waals surface area contributed by atoms with Gasteiger partial charge in [0.15, 0.2) is 6.10 Å². The van der Waals surface area contributed by atoms with Crippen LogP contribution in [0.1, 0.15) is 226 Å². The van der Waals surface area contributed by atoms with Gasteiger partial charge in [0.25, 0.3) is 0 Å². The average molecular weight is 901 g/mol. The number of hydrogen-bond acceptors (Lipinski definition) is 6. The number of rotatable bonds is 46. The van der Waals surface area contributed by atoms with Crippen molar-refractivity contribution in [2.75, 3.05) is 13.2 Å². The Kier molecular flexibility index (Phi) is 49.5. The number of hydrogen-bond donors (Lipinski definition) is 0. The standard InChI is InChI=1S/C59H96O6/c1-4-7-10-13-16-19-22-25-28-29-32-34-37-40-43-46-49-52-58(61)64-55-56(65-59(62)53-50-47-44-41-38-35-31-27-24-21-18-15-12-9-6-3)54-63-57(60)51-48-45-42-39-36-33-30-26-23-20-17-14-11-8-5-2/h7-8,10-11,16-17,19-21,24-26,28,30,32,34,36,39,56H,4-6,9,12-15,18,22-23,27,29,31,33,35,37-38,40-55H2,1-3H3/b10-7-,11-8-,19-16-,20-17-,24-21-,28-25-,30-26-,34-32-,39-36-/t56-/m0/s1. The van der Waals surface area contributed by atoms with Gasteiger partial charge in [0.1, 0.15) is 13.2 Å². The van der Waals surface area contributed by atoms with Crippen LogP contribution in [0.15, 0.2) is 109 Å². The molecule has 0 aromatic rings. The van der Waals surface area contributed by atoms with Crippen molar-refractivity contribution in [3.8, 4) is 0 Å². The molecule has 368 valence electrons. The van der Waals surface area contributed by atoms with Crippen LogP contribution < -0.4 is 0 Å². The molecular formula is C59H96O6. The largest absolute Gasteiger partial charge is 0.462 e. The second-order valence-corrected chi connectivity index (χ2v) is 17.0. The molecule has 0 aliphatic heterocycles. The molecule has 0 aliphatic rings. The Morgan fingerprint density at radius 1 is 0.323 bits per heavy atom. The molecule has 1 atom stereocenters. The molecule has 0 fully saturated rings. The zero-order valence-corrected chi connectivity index (χ0v) is 42.0. The number of allylic oxidation sites excluding steroid dienone is 18. The molecule has 0 aromatic heterocycles. The molecule has 0 unspecified atom stereocenters. The van der Waals surface area contributed by atoms with Gasteiger partial charge in [0, 0.05) is 19.3 Å². The Labute approximate surface area is 400 Å². The van der Waals surface area contributed by atoms with Gasteiger partial charge in [-0.15, -0.1) is 0 Å². The number of carbonyl (C=O) groups excluding carboxylic acids is 3. The zero-order chi connectivity index (χ0) is 47.2. The number of esters is 3. The molecule has 6 nitrogen and oxygen atoms in total. The van der Waals surface area contributed by atoms with Gasteiger partial charge in [0.2, 0.25) is 0 Å². The lowest BCUT2D eigenvalue weighted by Gasteiger charge is -2.18. The van der Waals surface area contributed by atoms with Crippen LogP contribution in [-0.4, -0.2) is 37.2 Å². The lowest BCUT2D eigenvalue weighted by Crippen LogP contribution is -2.30. The molecule has 0 bridgehead atoms. The summed E-state index contributed by atoms with van der Waals surface area (Å²) in [5.74, 6) is -0.980. The minimum atomic E-state index is -0.809. The molecule has 0 aliphatic carbocycles. The highest BCUT2D eigenvalue weighted by molar-refractivity contribution is 5.71. The molecule has 0 rings (SSSR count). The van der Waals surface area contributed by atoms with Crippen LogP contribution in [0.5, 0.6) is 0 Å². The third kappa shape index (κ3) is 50.9. The molecule has 0 saturated carbocycles. The normalized spacial score (nSPS) is 13.0. The fourth-order valence-electron chi connectivity index (χ4n) is 6.83. The van der Waals surface area contributed by atoms with Gasteiger partial charge in [-0.2, -0.15) is 0 Å². The van der Waals surface area contributed by atoms with E-state index < -0.39 is 6.10 Å². The lowest BCUT2D eigenvalue weighted by atomic mass is 10.1. The van der Waals surface area contributed by atoms with Crippen LogP contribution in [-0.2, 0) is 28.6 Å². The third-order valence-electron chi connectivity index (χ3n) is 10.7. The van der Waals surface area contributed by atoms with Crippen LogP contribution in [0.25, 0.3) is 0 Å². The zero-order valence-electron chi connectivity index (χ0n) is 42.0. The summed E-state index contributed by atoms with van der Waals surface area (Å²) in [6.45, 7) is 6.33. The summed E-state index contributed by atoms with van der Waals surface area (Å²) in [6.07, 6.45) is 70.7. The molecular weight excluding hydrogens is 805 g/mol. The summed E-state index contributed by atoms with van der Waals surface area (Å²) < 4.78 is 16.8. The van der Waals surface area contributed by atoms with Gasteiger partial charge in [-0.1, -0.05) is 194 Å². The first-order valence-corrected chi connectivity index (χ1v) is 26.4. The SMILES string of the molecule is CC/C=C\C/C=C\C/C=C\C/C=C\CCCCCCC(=O)OC[C@H](COC(=O)CCCC/C=C\C/C=C\C/C=C\C/C=C\CC)OC(=O)CCCCCCCCC/C=C\CCCCCC.